The summed E-state index contributed by atoms with van der Waals surface area (Å²) in [6.07, 6.45) is 0. The van der Waals surface area contributed by atoms with Gasteiger partial charge in [0.1, 0.15) is 17.6 Å². The van der Waals surface area contributed by atoms with Crippen LogP contribution in [0.2, 0.25) is 0 Å². The van der Waals surface area contributed by atoms with Gasteiger partial charge in [0.2, 0.25) is 0 Å². The number of carboxylic acids is 1. The van der Waals surface area contributed by atoms with Crippen LogP contribution in [-0.4, -0.2) is 46.0 Å². The Kier molecular flexibility index (Phi) is 3.65. The summed E-state index contributed by atoms with van der Waals surface area (Å²) >= 11 is 1.56. The van der Waals surface area contributed by atoms with Crippen LogP contribution in [0.4, 0.5) is 0 Å². The molecule has 98 valence electrons. The zero-order chi connectivity index (χ0) is 13.3. The van der Waals surface area contributed by atoms with Crippen molar-refractivity contribution < 1.29 is 19.1 Å². The molecule has 1 aromatic heterocycles. The average molecular weight is 269 g/mol. The van der Waals surface area contributed by atoms with Crippen molar-refractivity contribution in [2.45, 2.75) is 19.9 Å². The molecule has 6 heteroatoms. The first kappa shape index (κ1) is 13.0. The highest BCUT2D eigenvalue weighted by Crippen LogP contribution is 2.22. The molecule has 1 saturated heterocycles. The van der Waals surface area contributed by atoms with Gasteiger partial charge in [0, 0.05) is 18.1 Å². The van der Waals surface area contributed by atoms with E-state index in [9.17, 15) is 9.59 Å². The van der Waals surface area contributed by atoms with Gasteiger partial charge in [0.15, 0.2) is 0 Å². The number of carbonyl (C=O) groups excluding carboxylic acids is 1. The quantitative estimate of drug-likeness (QED) is 0.881. The van der Waals surface area contributed by atoms with Crippen LogP contribution in [0.15, 0.2) is 10.5 Å². The van der Waals surface area contributed by atoms with Crippen LogP contribution in [0.5, 0.6) is 0 Å². The number of aliphatic carboxylic acids is 1. The fourth-order valence-electron chi connectivity index (χ4n) is 2.05. The lowest BCUT2D eigenvalue weighted by molar-refractivity contribution is -0.141. The standard InChI is InChI=1S/C12H15NO4S/c1-7-5-9(8(2)17-7)11(14)13-3-4-18-6-10(13)12(15)16/h5,10H,3-4,6H2,1-2H3,(H,15,16). The average Bonchev–Trinajstić information content (AvgIpc) is 2.67. The van der Waals surface area contributed by atoms with Crippen LogP contribution in [0.25, 0.3) is 0 Å². The van der Waals surface area contributed by atoms with E-state index in [0.29, 0.717) is 29.4 Å². The summed E-state index contributed by atoms with van der Waals surface area (Å²) in [5.74, 6) is 1.21. The lowest BCUT2D eigenvalue weighted by Crippen LogP contribution is -2.50. The Balaban J connectivity index is 2.26. The molecule has 1 aliphatic rings. The third-order valence-electron chi connectivity index (χ3n) is 2.95. The third-order valence-corrected chi connectivity index (χ3v) is 3.97. The van der Waals surface area contributed by atoms with E-state index in [0.717, 1.165) is 5.75 Å². The van der Waals surface area contributed by atoms with Crippen molar-refractivity contribution in [2.75, 3.05) is 18.1 Å². The van der Waals surface area contributed by atoms with E-state index in [1.807, 2.05) is 0 Å². The van der Waals surface area contributed by atoms with Gasteiger partial charge in [-0.15, -0.1) is 0 Å². The molecule has 0 aromatic carbocycles. The SMILES string of the molecule is Cc1cc(C(=O)N2CCSCC2C(=O)O)c(C)o1. The van der Waals surface area contributed by atoms with Crippen LogP contribution in [0, 0.1) is 13.8 Å². The minimum atomic E-state index is -0.951. The Bertz CT molecular complexity index is 482. The molecule has 0 bridgehead atoms. The minimum absolute atomic E-state index is 0.253. The van der Waals surface area contributed by atoms with Crippen molar-refractivity contribution in [3.05, 3.63) is 23.2 Å². The van der Waals surface area contributed by atoms with Gasteiger partial charge < -0.3 is 14.4 Å². The normalized spacial score (nSPS) is 19.9. The highest BCUT2D eigenvalue weighted by Gasteiger charge is 2.34. The second kappa shape index (κ2) is 5.06. The van der Waals surface area contributed by atoms with Gasteiger partial charge in [0.05, 0.1) is 5.56 Å². The van der Waals surface area contributed by atoms with E-state index < -0.39 is 12.0 Å². The number of hydrogen-bond donors (Lipinski definition) is 1. The Labute approximate surface area is 109 Å². The predicted octanol–water partition coefficient (Wildman–Crippen LogP) is 1.54. The number of hydrogen-bond acceptors (Lipinski definition) is 4. The van der Waals surface area contributed by atoms with Crippen LogP contribution in [0.3, 0.4) is 0 Å². The highest BCUT2D eigenvalue weighted by atomic mass is 32.2. The molecule has 18 heavy (non-hydrogen) atoms. The lowest BCUT2D eigenvalue weighted by atomic mass is 10.1. The molecule has 0 radical (unpaired) electrons. The monoisotopic (exact) mass is 269 g/mol. The van der Waals surface area contributed by atoms with Gasteiger partial charge >= 0.3 is 5.97 Å². The van der Waals surface area contributed by atoms with Gasteiger partial charge in [-0.05, 0) is 19.9 Å². The number of amides is 1. The van der Waals surface area contributed by atoms with Crippen molar-refractivity contribution >= 4 is 23.6 Å². The molecule has 2 rings (SSSR count). The molecule has 1 fully saturated rings. The topological polar surface area (TPSA) is 70.8 Å². The van der Waals surface area contributed by atoms with Gasteiger partial charge in [-0.1, -0.05) is 0 Å². The molecule has 0 saturated carbocycles. The number of rotatable bonds is 2. The molecule has 1 unspecified atom stereocenters. The first-order valence-electron chi connectivity index (χ1n) is 5.69. The number of furan rings is 1. The number of carbonyl (C=O) groups is 2. The van der Waals surface area contributed by atoms with Crippen LogP contribution in [0.1, 0.15) is 21.9 Å². The molecule has 5 nitrogen and oxygen atoms in total. The van der Waals surface area contributed by atoms with Crippen molar-refractivity contribution in [3.63, 3.8) is 0 Å². The molecular formula is C12H15NO4S. The molecule has 1 aliphatic heterocycles. The van der Waals surface area contributed by atoms with Gasteiger partial charge in [-0.25, -0.2) is 4.79 Å². The maximum absolute atomic E-state index is 12.3. The Morgan fingerprint density at radius 1 is 1.50 bits per heavy atom. The first-order valence-corrected chi connectivity index (χ1v) is 6.84. The Morgan fingerprint density at radius 3 is 2.78 bits per heavy atom. The van der Waals surface area contributed by atoms with Crippen molar-refractivity contribution in [2.24, 2.45) is 0 Å². The molecule has 1 aromatic rings. The number of thioether (sulfide) groups is 1. The third kappa shape index (κ3) is 2.38. The second-order valence-corrected chi connectivity index (χ2v) is 5.40. The molecule has 0 aliphatic carbocycles. The van der Waals surface area contributed by atoms with E-state index in [2.05, 4.69) is 0 Å². The smallest absolute Gasteiger partial charge is 0.327 e. The lowest BCUT2D eigenvalue weighted by Gasteiger charge is -2.32. The summed E-state index contributed by atoms with van der Waals surface area (Å²) in [5.41, 5.74) is 0.464. The highest BCUT2D eigenvalue weighted by molar-refractivity contribution is 7.99. The fraction of sp³-hybridized carbons (Fsp3) is 0.500. The zero-order valence-corrected chi connectivity index (χ0v) is 11.1. The number of aryl methyl sites for hydroxylation is 2. The van der Waals surface area contributed by atoms with Crippen LogP contribution < -0.4 is 0 Å². The number of nitrogens with zero attached hydrogens (tertiary/aromatic N) is 1. The Hall–Kier alpha value is -1.43. The van der Waals surface area contributed by atoms with E-state index in [1.165, 1.54) is 4.90 Å². The van der Waals surface area contributed by atoms with E-state index in [-0.39, 0.29) is 5.91 Å². The van der Waals surface area contributed by atoms with Crippen LogP contribution in [-0.2, 0) is 4.79 Å². The van der Waals surface area contributed by atoms with E-state index in [1.54, 1.807) is 31.7 Å². The summed E-state index contributed by atoms with van der Waals surface area (Å²) in [5, 5.41) is 9.15. The van der Waals surface area contributed by atoms with E-state index in [4.69, 9.17) is 9.52 Å². The van der Waals surface area contributed by atoms with Gasteiger partial charge in [-0.3, -0.25) is 4.79 Å². The summed E-state index contributed by atoms with van der Waals surface area (Å²) in [4.78, 5) is 24.9. The number of carboxylic acid groups (broad SMARTS) is 1. The predicted molar refractivity (Wildman–Crippen MR) is 68.0 cm³/mol. The fourth-order valence-corrected chi connectivity index (χ4v) is 3.09. The molecule has 2 heterocycles. The molecular weight excluding hydrogens is 254 g/mol. The summed E-state index contributed by atoms with van der Waals surface area (Å²) in [6.45, 7) is 3.95. The Morgan fingerprint density at radius 2 is 2.22 bits per heavy atom. The largest absolute Gasteiger partial charge is 0.480 e. The van der Waals surface area contributed by atoms with Crippen molar-refractivity contribution in [3.8, 4) is 0 Å². The van der Waals surface area contributed by atoms with Gasteiger partial charge in [-0.2, -0.15) is 11.8 Å². The molecule has 1 amide bonds. The van der Waals surface area contributed by atoms with E-state index >= 15 is 0 Å². The molecule has 1 N–H and O–H groups in total. The summed E-state index contributed by atoms with van der Waals surface area (Å²) < 4.78 is 5.32. The second-order valence-electron chi connectivity index (χ2n) is 4.25. The molecule has 0 spiro atoms. The van der Waals surface area contributed by atoms with Crippen molar-refractivity contribution in [1.82, 2.24) is 4.90 Å². The summed E-state index contributed by atoms with van der Waals surface area (Å²) in [7, 11) is 0. The maximum atomic E-state index is 12.3. The first-order chi connectivity index (χ1) is 8.50. The zero-order valence-electron chi connectivity index (χ0n) is 10.3. The van der Waals surface area contributed by atoms with Gasteiger partial charge in [0.25, 0.3) is 5.91 Å². The minimum Gasteiger partial charge on any atom is -0.480 e. The maximum Gasteiger partial charge on any atom is 0.327 e. The van der Waals surface area contributed by atoms with Crippen molar-refractivity contribution in [1.29, 1.82) is 0 Å². The molecule has 1 atom stereocenters. The summed E-state index contributed by atoms with van der Waals surface area (Å²) in [6, 6.07) is 0.920. The van der Waals surface area contributed by atoms with Crippen LogP contribution >= 0.6 is 11.8 Å².